The molecule has 0 aromatic heterocycles. The number of carbonyl (C=O) groups excluding carboxylic acids is 1. The largest absolute Gasteiger partial charge is 0.493 e. The second-order valence-corrected chi connectivity index (χ2v) is 4.23. The zero-order valence-electron chi connectivity index (χ0n) is 12.1. The minimum Gasteiger partial charge on any atom is -0.493 e. The number of hydrogen-bond acceptors (Lipinski definition) is 6. The molecule has 1 aromatic carbocycles. The van der Waals surface area contributed by atoms with Crippen LogP contribution in [0.15, 0.2) is 12.1 Å². The quantitative estimate of drug-likeness (QED) is 0.419. The highest BCUT2D eigenvalue weighted by Gasteiger charge is 2.24. The van der Waals surface area contributed by atoms with Crippen LogP contribution in [0.2, 0.25) is 0 Å². The fraction of sp³-hybridized carbons (Fsp3) is 0.385. The van der Waals surface area contributed by atoms with Crippen LogP contribution in [-0.2, 0) is 4.79 Å². The summed E-state index contributed by atoms with van der Waals surface area (Å²) in [5, 5.41) is 22.0. The molecule has 0 bridgehead atoms. The van der Waals surface area contributed by atoms with Crippen LogP contribution in [-0.4, -0.2) is 42.7 Å². The number of nitrogens with one attached hydrogen (secondary N) is 1. The summed E-state index contributed by atoms with van der Waals surface area (Å²) in [6.07, 6.45) is 0.121. The molecule has 1 aromatic rings. The van der Waals surface area contributed by atoms with Crippen molar-refractivity contribution >= 4 is 17.6 Å². The molecular formula is C13H16N2O7. The second-order valence-electron chi connectivity index (χ2n) is 4.23. The Morgan fingerprint density at radius 1 is 1.27 bits per heavy atom. The first-order chi connectivity index (χ1) is 10.4. The molecule has 0 saturated heterocycles. The molecule has 0 aliphatic heterocycles. The lowest BCUT2D eigenvalue weighted by molar-refractivity contribution is -0.385. The van der Waals surface area contributed by atoms with E-state index in [1.807, 2.05) is 0 Å². The summed E-state index contributed by atoms with van der Waals surface area (Å²) in [4.78, 5) is 32.8. The van der Waals surface area contributed by atoms with Gasteiger partial charge < -0.3 is 19.9 Å². The van der Waals surface area contributed by atoms with Gasteiger partial charge in [0.05, 0.1) is 25.2 Å². The number of ether oxygens (including phenoxy) is 2. The Bertz CT molecular complexity index is 586. The van der Waals surface area contributed by atoms with Crippen molar-refractivity contribution in [3.63, 3.8) is 0 Å². The summed E-state index contributed by atoms with van der Waals surface area (Å²) in [7, 11) is 2.67. The first-order valence-electron chi connectivity index (χ1n) is 6.31. The number of rotatable bonds is 8. The van der Waals surface area contributed by atoms with Gasteiger partial charge in [-0.1, -0.05) is 0 Å². The van der Waals surface area contributed by atoms with E-state index in [0.717, 1.165) is 6.07 Å². The molecule has 0 spiro atoms. The maximum Gasteiger partial charge on any atom is 0.303 e. The number of benzene rings is 1. The van der Waals surface area contributed by atoms with E-state index in [9.17, 15) is 19.7 Å². The van der Waals surface area contributed by atoms with Gasteiger partial charge in [0.15, 0.2) is 11.5 Å². The minimum atomic E-state index is -0.980. The van der Waals surface area contributed by atoms with Gasteiger partial charge in [0.1, 0.15) is 5.56 Å². The molecule has 0 atom stereocenters. The van der Waals surface area contributed by atoms with E-state index in [-0.39, 0.29) is 36.4 Å². The molecule has 2 N–H and O–H groups in total. The average molecular weight is 312 g/mol. The second kappa shape index (κ2) is 7.81. The van der Waals surface area contributed by atoms with Crippen LogP contribution in [0.3, 0.4) is 0 Å². The van der Waals surface area contributed by atoms with Gasteiger partial charge in [0.25, 0.3) is 11.6 Å². The smallest absolute Gasteiger partial charge is 0.303 e. The minimum absolute atomic E-state index is 0.0939. The number of nitrogens with zero attached hydrogens (tertiary/aromatic N) is 1. The van der Waals surface area contributed by atoms with E-state index in [2.05, 4.69) is 5.32 Å². The fourth-order valence-corrected chi connectivity index (χ4v) is 1.74. The van der Waals surface area contributed by atoms with Gasteiger partial charge in [-0.3, -0.25) is 19.7 Å². The van der Waals surface area contributed by atoms with Crippen LogP contribution in [0.4, 0.5) is 5.69 Å². The predicted molar refractivity (Wildman–Crippen MR) is 75.4 cm³/mol. The standard InChI is InChI=1S/C13H16N2O7/c1-21-10-6-8(9(15(19)20)7-11(10)22-2)13(18)14-5-3-4-12(16)17/h6-7H,3-5H2,1-2H3,(H,14,18)(H,16,17). The lowest BCUT2D eigenvalue weighted by Crippen LogP contribution is -2.25. The van der Waals surface area contributed by atoms with Crippen LogP contribution in [0, 0.1) is 10.1 Å². The molecule has 0 unspecified atom stereocenters. The van der Waals surface area contributed by atoms with Crippen LogP contribution in [0.25, 0.3) is 0 Å². The van der Waals surface area contributed by atoms with Crippen molar-refractivity contribution in [1.29, 1.82) is 0 Å². The van der Waals surface area contributed by atoms with Crippen molar-refractivity contribution in [2.75, 3.05) is 20.8 Å². The zero-order chi connectivity index (χ0) is 16.7. The molecule has 0 fully saturated rings. The maximum absolute atomic E-state index is 12.0. The van der Waals surface area contributed by atoms with Crippen molar-refractivity contribution in [2.24, 2.45) is 0 Å². The van der Waals surface area contributed by atoms with Gasteiger partial charge in [0.2, 0.25) is 0 Å². The first-order valence-corrected chi connectivity index (χ1v) is 6.31. The average Bonchev–Trinajstić information content (AvgIpc) is 2.49. The predicted octanol–water partition coefficient (Wildman–Crippen LogP) is 1.21. The molecule has 0 saturated carbocycles. The molecule has 1 rings (SSSR count). The van der Waals surface area contributed by atoms with Crippen LogP contribution >= 0.6 is 0 Å². The van der Waals surface area contributed by atoms with Crippen molar-refractivity contribution in [3.05, 3.63) is 27.8 Å². The van der Waals surface area contributed by atoms with Crippen LogP contribution in [0.1, 0.15) is 23.2 Å². The number of carbonyl (C=O) groups is 2. The molecule has 0 aliphatic carbocycles. The summed E-state index contributed by atoms with van der Waals surface area (Å²) >= 11 is 0. The number of hydrogen-bond donors (Lipinski definition) is 2. The Balaban J connectivity index is 2.98. The third-order valence-corrected chi connectivity index (χ3v) is 2.80. The monoisotopic (exact) mass is 312 g/mol. The van der Waals surface area contributed by atoms with E-state index in [0.29, 0.717) is 0 Å². The number of nitro groups is 1. The van der Waals surface area contributed by atoms with E-state index in [1.165, 1.54) is 20.3 Å². The van der Waals surface area contributed by atoms with Crippen molar-refractivity contribution in [1.82, 2.24) is 5.32 Å². The van der Waals surface area contributed by atoms with Gasteiger partial charge in [-0.2, -0.15) is 0 Å². The number of nitro benzene ring substituents is 1. The van der Waals surface area contributed by atoms with Crippen molar-refractivity contribution in [3.8, 4) is 11.5 Å². The number of aliphatic carboxylic acids is 1. The van der Waals surface area contributed by atoms with E-state index >= 15 is 0 Å². The molecule has 0 aliphatic rings. The molecule has 120 valence electrons. The summed E-state index contributed by atoms with van der Waals surface area (Å²) < 4.78 is 9.97. The van der Waals surface area contributed by atoms with Gasteiger partial charge in [-0.05, 0) is 6.42 Å². The van der Waals surface area contributed by atoms with Crippen LogP contribution in [0.5, 0.6) is 11.5 Å². The molecular weight excluding hydrogens is 296 g/mol. The molecule has 0 heterocycles. The van der Waals surface area contributed by atoms with Crippen molar-refractivity contribution < 1.29 is 29.1 Å². The summed E-state index contributed by atoms with van der Waals surface area (Å²) in [5.41, 5.74) is -0.605. The highest BCUT2D eigenvalue weighted by molar-refractivity contribution is 5.99. The number of carboxylic acids is 1. The summed E-state index contributed by atoms with van der Waals surface area (Å²) in [5.74, 6) is -1.34. The van der Waals surface area contributed by atoms with Gasteiger partial charge in [-0.25, -0.2) is 0 Å². The third kappa shape index (κ3) is 4.33. The first kappa shape index (κ1) is 17.2. The molecule has 0 radical (unpaired) electrons. The van der Waals surface area contributed by atoms with Crippen LogP contribution < -0.4 is 14.8 Å². The molecule has 9 heteroatoms. The third-order valence-electron chi connectivity index (χ3n) is 2.80. The van der Waals surface area contributed by atoms with E-state index in [1.54, 1.807) is 0 Å². The number of methoxy groups -OCH3 is 2. The fourth-order valence-electron chi connectivity index (χ4n) is 1.74. The Labute approximate surface area is 126 Å². The topological polar surface area (TPSA) is 128 Å². The van der Waals surface area contributed by atoms with Gasteiger partial charge >= 0.3 is 5.97 Å². The highest BCUT2D eigenvalue weighted by Crippen LogP contribution is 2.34. The Kier molecular flexibility index (Phi) is 6.11. The SMILES string of the molecule is COc1cc(C(=O)NCCCC(=O)O)c([N+](=O)[O-])cc1OC. The molecule has 9 nitrogen and oxygen atoms in total. The lowest BCUT2D eigenvalue weighted by Gasteiger charge is -2.10. The Morgan fingerprint density at radius 2 is 1.86 bits per heavy atom. The summed E-state index contributed by atoms with van der Waals surface area (Å²) in [6, 6.07) is 2.31. The zero-order valence-corrected chi connectivity index (χ0v) is 12.1. The Hall–Kier alpha value is -2.84. The number of amides is 1. The summed E-state index contributed by atoms with van der Waals surface area (Å²) in [6.45, 7) is 0.0939. The maximum atomic E-state index is 12.0. The Morgan fingerprint density at radius 3 is 2.36 bits per heavy atom. The molecule has 22 heavy (non-hydrogen) atoms. The van der Waals surface area contributed by atoms with E-state index in [4.69, 9.17) is 14.6 Å². The number of carboxylic acid groups (broad SMARTS) is 1. The normalized spacial score (nSPS) is 9.91. The van der Waals surface area contributed by atoms with Gasteiger partial charge in [0, 0.05) is 19.0 Å². The lowest BCUT2D eigenvalue weighted by atomic mass is 10.1. The van der Waals surface area contributed by atoms with Crippen molar-refractivity contribution in [2.45, 2.75) is 12.8 Å². The highest BCUT2D eigenvalue weighted by atomic mass is 16.6. The van der Waals surface area contributed by atoms with E-state index < -0.39 is 22.5 Å². The molecule has 1 amide bonds. The van der Waals surface area contributed by atoms with Gasteiger partial charge in [-0.15, -0.1) is 0 Å².